The van der Waals surface area contributed by atoms with Crippen molar-refractivity contribution in [3.05, 3.63) is 0 Å². The van der Waals surface area contributed by atoms with Gasteiger partial charge in [0.05, 0.1) is 13.0 Å². The highest BCUT2D eigenvalue weighted by Gasteiger charge is 2.31. The first-order chi connectivity index (χ1) is 14.8. The number of aliphatic hydroxyl groups excluding tert-OH is 1. The summed E-state index contributed by atoms with van der Waals surface area (Å²) >= 11 is 0. The van der Waals surface area contributed by atoms with Crippen molar-refractivity contribution >= 4 is 35.6 Å². The van der Waals surface area contributed by atoms with Gasteiger partial charge in [-0.2, -0.15) is 0 Å². The number of aliphatic hydroxyl groups is 1. The van der Waals surface area contributed by atoms with Crippen molar-refractivity contribution in [3.8, 4) is 0 Å². The van der Waals surface area contributed by atoms with Gasteiger partial charge in [0.1, 0.15) is 24.2 Å². The Kier molecular flexibility index (Phi) is 12.5. The molecule has 10 N–H and O–H groups in total. The quantitative estimate of drug-likeness (QED) is 0.120. The van der Waals surface area contributed by atoms with Gasteiger partial charge in [0.2, 0.25) is 23.6 Å². The molecule has 0 aliphatic carbocycles. The number of carboxylic acids is 2. The molecule has 0 saturated heterocycles. The molecule has 14 heteroatoms. The zero-order valence-electron chi connectivity index (χ0n) is 17.9. The summed E-state index contributed by atoms with van der Waals surface area (Å²) in [4.78, 5) is 70.4. The molecule has 0 aliphatic rings. The molecule has 0 spiro atoms. The van der Waals surface area contributed by atoms with E-state index in [1.54, 1.807) is 13.8 Å². The fraction of sp³-hybridized carbons (Fsp3) is 0.667. The van der Waals surface area contributed by atoms with Gasteiger partial charge in [-0.05, 0) is 18.8 Å². The van der Waals surface area contributed by atoms with Gasteiger partial charge in [-0.15, -0.1) is 0 Å². The van der Waals surface area contributed by atoms with Crippen LogP contribution >= 0.6 is 0 Å². The van der Waals surface area contributed by atoms with E-state index >= 15 is 0 Å². The second-order valence-electron chi connectivity index (χ2n) is 7.54. The largest absolute Gasteiger partial charge is 0.481 e. The highest BCUT2D eigenvalue weighted by Crippen LogP contribution is 2.08. The smallest absolute Gasteiger partial charge is 0.326 e. The van der Waals surface area contributed by atoms with Crippen LogP contribution in [0.25, 0.3) is 0 Å². The first-order valence-corrected chi connectivity index (χ1v) is 9.78. The molecule has 0 heterocycles. The first-order valence-electron chi connectivity index (χ1n) is 9.78. The van der Waals surface area contributed by atoms with Crippen molar-refractivity contribution in [3.63, 3.8) is 0 Å². The number of primary amides is 1. The van der Waals surface area contributed by atoms with Crippen molar-refractivity contribution in [2.45, 2.75) is 63.7 Å². The van der Waals surface area contributed by atoms with Gasteiger partial charge in [-0.3, -0.25) is 24.0 Å². The molecule has 0 saturated carbocycles. The van der Waals surface area contributed by atoms with E-state index in [0.29, 0.717) is 0 Å². The molecule has 0 bridgehead atoms. The Bertz CT molecular complexity index is 713. The Labute approximate surface area is 184 Å². The molecule has 4 atom stereocenters. The number of rotatable bonds is 15. The fourth-order valence-electron chi connectivity index (χ4n) is 2.55. The third-order valence-corrected chi connectivity index (χ3v) is 4.17. The number of carboxylic acid groups (broad SMARTS) is 2. The lowest BCUT2D eigenvalue weighted by Gasteiger charge is -2.25. The molecule has 32 heavy (non-hydrogen) atoms. The zero-order valence-corrected chi connectivity index (χ0v) is 17.9. The van der Waals surface area contributed by atoms with Crippen molar-refractivity contribution in [2.24, 2.45) is 17.4 Å². The Balaban J connectivity index is 5.55. The predicted molar refractivity (Wildman–Crippen MR) is 109 cm³/mol. The minimum atomic E-state index is -1.68. The van der Waals surface area contributed by atoms with E-state index in [2.05, 4.69) is 10.6 Å². The van der Waals surface area contributed by atoms with Crippen molar-refractivity contribution in [2.75, 3.05) is 6.61 Å². The Morgan fingerprint density at radius 2 is 1.34 bits per heavy atom. The van der Waals surface area contributed by atoms with Gasteiger partial charge in [0, 0.05) is 6.42 Å². The molecule has 0 aromatic carbocycles. The highest BCUT2D eigenvalue weighted by atomic mass is 16.4. The molecule has 182 valence electrons. The number of carbonyl (C=O) groups excluding carboxylic acids is 4. The SMILES string of the molecule is CC(C)CC(NC(=O)C(N)CO)C(=O)NC(CCC(=O)O)C(=O)NC(CC(N)=O)C(=O)O. The van der Waals surface area contributed by atoms with Gasteiger partial charge < -0.3 is 42.7 Å². The van der Waals surface area contributed by atoms with E-state index < -0.39 is 85.6 Å². The molecule has 0 aromatic heterocycles. The van der Waals surface area contributed by atoms with Gasteiger partial charge in [0.25, 0.3) is 0 Å². The topological polar surface area (TPSA) is 251 Å². The normalized spacial score (nSPS) is 14.5. The van der Waals surface area contributed by atoms with Crippen LogP contribution in [-0.2, 0) is 28.8 Å². The van der Waals surface area contributed by atoms with Gasteiger partial charge >= 0.3 is 11.9 Å². The summed E-state index contributed by atoms with van der Waals surface area (Å²) in [7, 11) is 0. The minimum Gasteiger partial charge on any atom is -0.481 e. The maximum absolute atomic E-state index is 12.7. The number of carbonyl (C=O) groups is 6. The summed E-state index contributed by atoms with van der Waals surface area (Å²) in [5.74, 6) is -6.61. The van der Waals surface area contributed by atoms with E-state index in [-0.39, 0.29) is 12.3 Å². The molecule has 14 nitrogen and oxygen atoms in total. The average molecular weight is 461 g/mol. The Morgan fingerprint density at radius 3 is 1.78 bits per heavy atom. The van der Waals surface area contributed by atoms with Crippen molar-refractivity contribution in [1.82, 2.24) is 16.0 Å². The third kappa shape index (κ3) is 11.2. The summed E-state index contributed by atoms with van der Waals surface area (Å²) in [5, 5.41) is 33.7. The van der Waals surface area contributed by atoms with Crippen LogP contribution in [0.5, 0.6) is 0 Å². The fourth-order valence-corrected chi connectivity index (χ4v) is 2.55. The lowest BCUT2D eigenvalue weighted by Crippen LogP contribution is -2.57. The highest BCUT2D eigenvalue weighted by molar-refractivity contribution is 5.95. The molecule has 0 rings (SSSR count). The van der Waals surface area contributed by atoms with E-state index in [0.717, 1.165) is 0 Å². The van der Waals surface area contributed by atoms with Crippen LogP contribution in [0.4, 0.5) is 0 Å². The monoisotopic (exact) mass is 461 g/mol. The van der Waals surface area contributed by atoms with Crippen LogP contribution < -0.4 is 27.4 Å². The van der Waals surface area contributed by atoms with Crippen LogP contribution in [0.15, 0.2) is 0 Å². The number of hydrogen-bond donors (Lipinski definition) is 8. The molecular weight excluding hydrogens is 430 g/mol. The molecule has 0 aliphatic heterocycles. The zero-order chi connectivity index (χ0) is 25.0. The number of nitrogens with one attached hydrogen (secondary N) is 3. The van der Waals surface area contributed by atoms with Crippen molar-refractivity contribution < 1.29 is 44.1 Å². The Hall–Kier alpha value is -3.26. The van der Waals surface area contributed by atoms with Crippen molar-refractivity contribution in [1.29, 1.82) is 0 Å². The molecule has 0 aromatic rings. The lowest BCUT2D eigenvalue weighted by atomic mass is 10.0. The predicted octanol–water partition coefficient (Wildman–Crippen LogP) is -3.37. The van der Waals surface area contributed by atoms with Crippen LogP contribution in [0.1, 0.15) is 39.5 Å². The van der Waals surface area contributed by atoms with E-state index in [9.17, 15) is 28.8 Å². The second-order valence-corrected chi connectivity index (χ2v) is 7.54. The summed E-state index contributed by atoms with van der Waals surface area (Å²) in [5.41, 5.74) is 10.4. The van der Waals surface area contributed by atoms with Gasteiger partial charge in [-0.1, -0.05) is 13.8 Å². The van der Waals surface area contributed by atoms with Crippen LogP contribution in [0.3, 0.4) is 0 Å². The first kappa shape index (κ1) is 28.7. The standard InChI is InChI=1S/C18H31N5O9/c1-8(2)5-11(22-15(28)9(19)7-24)17(30)21-10(3-4-14(26)27)16(29)23-12(18(31)32)6-13(20)25/h8-12,24H,3-7,19H2,1-2H3,(H2,20,25)(H,21,30)(H,22,28)(H,23,29)(H,26,27)(H,31,32). The van der Waals surface area contributed by atoms with E-state index in [4.69, 9.17) is 26.8 Å². The Morgan fingerprint density at radius 1 is 0.844 bits per heavy atom. The van der Waals surface area contributed by atoms with Crippen LogP contribution in [0, 0.1) is 5.92 Å². The summed E-state index contributed by atoms with van der Waals surface area (Å²) in [6.45, 7) is 2.85. The number of aliphatic carboxylic acids is 2. The van der Waals surface area contributed by atoms with Gasteiger partial charge in [-0.25, -0.2) is 4.79 Å². The second kappa shape index (κ2) is 13.9. The maximum atomic E-state index is 12.7. The summed E-state index contributed by atoms with van der Waals surface area (Å²) in [6.07, 6.45) is -1.52. The van der Waals surface area contributed by atoms with E-state index in [1.165, 1.54) is 0 Å². The van der Waals surface area contributed by atoms with E-state index in [1.807, 2.05) is 5.32 Å². The van der Waals surface area contributed by atoms with Gasteiger partial charge in [0.15, 0.2) is 0 Å². The number of hydrogen-bond acceptors (Lipinski definition) is 8. The molecule has 0 fully saturated rings. The lowest BCUT2D eigenvalue weighted by molar-refractivity contribution is -0.144. The molecule has 4 unspecified atom stereocenters. The third-order valence-electron chi connectivity index (χ3n) is 4.17. The van der Waals surface area contributed by atoms with Crippen LogP contribution in [-0.4, -0.2) is 81.7 Å². The molecular formula is C18H31N5O9. The molecule has 0 radical (unpaired) electrons. The minimum absolute atomic E-state index is 0.0883. The van der Waals surface area contributed by atoms with Crippen LogP contribution in [0.2, 0.25) is 0 Å². The average Bonchev–Trinajstić information content (AvgIpc) is 2.67. The summed E-state index contributed by atoms with van der Waals surface area (Å²) < 4.78 is 0. The maximum Gasteiger partial charge on any atom is 0.326 e. The molecule has 4 amide bonds. The summed E-state index contributed by atoms with van der Waals surface area (Å²) in [6, 6.07) is -5.61. The number of nitrogens with two attached hydrogens (primary N) is 2. The number of amides is 4.